The predicted molar refractivity (Wildman–Crippen MR) is 160 cm³/mol. The van der Waals surface area contributed by atoms with Gasteiger partial charge in [0.1, 0.15) is 23.3 Å². The maximum absolute atomic E-state index is 15.2. The molecule has 1 amide bonds. The molecule has 0 spiro atoms. The Morgan fingerprint density at radius 1 is 1.14 bits per heavy atom. The lowest BCUT2D eigenvalue weighted by Crippen LogP contribution is -2.36. The minimum absolute atomic E-state index is 0.0410. The van der Waals surface area contributed by atoms with Gasteiger partial charge in [-0.2, -0.15) is 0 Å². The second-order valence-electron chi connectivity index (χ2n) is 11.8. The molecule has 2 aromatic heterocycles. The molecular weight excluding hydrogens is 558 g/mol. The highest BCUT2D eigenvalue weighted by molar-refractivity contribution is 7.23. The van der Waals surface area contributed by atoms with Crippen molar-refractivity contribution in [2.45, 2.75) is 57.2 Å². The summed E-state index contributed by atoms with van der Waals surface area (Å²) >= 11 is 1.46. The molecule has 2 aromatic carbocycles. The Morgan fingerprint density at radius 3 is 2.76 bits per heavy atom. The molecular formula is C32H36F2N4O3S. The van der Waals surface area contributed by atoms with Crippen molar-refractivity contribution in [3.05, 3.63) is 53.5 Å². The van der Waals surface area contributed by atoms with Gasteiger partial charge in [0.2, 0.25) is 0 Å². The number of amides is 1. The first kappa shape index (κ1) is 27.7. The standard InChI is InChI=1S/C32H36F2N4O3S/c33-23-8-12-37(13-9-23)11-2-10-35-31(39)22-16-28(41-19-20-4-5-20)30-29(17-22)42-32-36-26(18-38(30)32)24-7-6-21(15-25(24)34)27-3-1-14-40-27/h6-7,15-18,20,23,27H,1-5,8-14,19H2,(H,35,39)/t27-/m0/s1. The number of fused-ring (bicyclic) bond motifs is 3. The van der Waals surface area contributed by atoms with E-state index in [1.807, 2.05) is 28.8 Å². The van der Waals surface area contributed by atoms with Gasteiger partial charge in [0.15, 0.2) is 4.96 Å². The molecule has 222 valence electrons. The van der Waals surface area contributed by atoms with Gasteiger partial charge in [-0.25, -0.2) is 13.8 Å². The number of aromatic nitrogens is 2. The maximum atomic E-state index is 15.2. The van der Waals surface area contributed by atoms with Crippen LogP contribution in [0.4, 0.5) is 8.78 Å². The highest BCUT2D eigenvalue weighted by Gasteiger charge is 2.25. The Hall–Kier alpha value is -3.08. The molecule has 7 rings (SSSR count). The van der Waals surface area contributed by atoms with Crippen molar-refractivity contribution in [3.63, 3.8) is 0 Å². The van der Waals surface area contributed by atoms with Gasteiger partial charge < -0.3 is 19.7 Å². The van der Waals surface area contributed by atoms with Gasteiger partial charge in [0.05, 0.1) is 23.1 Å². The molecule has 0 unspecified atom stereocenters. The number of benzene rings is 2. The lowest BCUT2D eigenvalue weighted by molar-refractivity contribution is 0.0949. The molecule has 7 nitrogen and oxygen atoms in total. The number of rotatable bonds is 10. The fourth-order valence-electron chi connectivity index (χ4n) is 5.97. The number of nitrogens with one attached hydrogen (secondary N) is 1. The zero-order valence-corrected chi connectivity index (χ0v) is 24.4. The number of likely N-dealkylation sites (tertiary alicyclic amines) is 1. The third kappa shape index (κ3) is 5.89. The second kappa shape index (κ2) is 11.9. The van der Waals surface area contributed by atoms with Crippen LogP contribution >= 0.6 is 11.3 Å². The summed E-state index contributed by atoms with van der Waals surface area (Å²) in [6.07, 6.45) is 7.36. The SMILES string of the molecule is O=C(NCCCN1CCC(F)CC1)c1cc(OCC2CC2)c2c(c1)sc1nc(-c3ccc([C@@H]4CCCO4)cc3F)cn12. The number of piperidine rings is 1. The molecule has 4 heterocycles. The van der Waals surface area contributed by atoms with Crippen LogP contribution in [0.15, 0.2) is 36.5 Å². The van der Waals surface area contributed by atoms with Crippen molar-refractivity contribution in [1.29, 1.82) is 0 Å². The molecule has 42 heavy (non-hydrogen) atoms. The summed E-state index contributed by atoms with van der Waals surface area (Å²) < 4.78 is 43.5. The molecule has 1 saturated carbocycles. The monoisotopic (exact) mass is 594 g/mol. The van der Waals surface area contributed by atoms with E-state index in [4.69, 9.17) is 14.5 Å². The molecule has 0 bridgehead atoms. The Morgan fingerprint density at radius 2 is 2.00 bits per heavy atom. The normalized spacial score (nSPS) is 20.1. The van der Waals surface area contributed by atoms with E-state index in [0.717, 1.165) is 67.5 Å². The van der Waals surface area contributed by atoms with Crippen LogP contribution in [0.2, 0.25) is 0 Å². The summed E-state index contributed by atoms with van der Waals surface area (Å²) in [5.41, 5.74) is 3.27. The minimum atomic E-state index is -0.677. The average molecular weight is 595 g/mol. The first-order valence-electron chi connectivity index (χ1n) is 15.2. The van der Waals surface area contributed by atoms with Gasteiger partial charge in [-0.1, -0.05) is 17.4 Å². The van der Waals surface area contributed by atoms with Crippen LogP contribution in [0.25, 0.3) is 26.4 Å². The summed E-state index contributed by atoms with van der Waals surface area (Å²) in [6, 6.07) is 8.99. The smallest absolute Gasteiger partial charge is 0.251 e. The molecule has 1 atom stereocenters. The van der Waals surface area contributed by atoms with Crippen LogP contribution in [-0.4, -0.2) is 65.8 Å². The van der Waals surface area contributed by atoms with Crippen molar-refractivity contribution in [3.8, 4) is 17.0 Å². The van der Waals surface area contributed by atoms with Gasteiger partial charge in [-0.3, -0.25) is 9.20 Å². The molecule has 3 fully saturated rings. The van der Waals surface area contributed by atoms with E-state index in [1.165, 1.54) is 11.3 Å². The first-order chi connectivity index (χ1) is 20.5. The fourth-order valence-corrected chi connectivity index (χ4v) is 7.03. The number of nitrogens with zero attached hydrogens (tertiary/aromatic N) is 3. The van der Waals surface area contributed by atoms with Crippen molar-refractivity contribution >= 4 is 32.4 Å². The number of hydrogen-bond acceptors (Lipinski definition) is 6. The van der Waals surface area contributed by atoms with E-state index in [0.29, 0.717) is 66.0 Å². The summed E-state index contributed by atoms with van der Waals surface area (Å²) in [5.74, 6) is 0.733. The Bertz CT molecular complexity index is 1590. The topological polar surface area (TPSA) is 68.1 Å². The van der Waals surface area contributed by atoms with Crippen molar-refractivity contribution < 1.29 is 23.0 Å². The molecule has 10 heteroatoms. The fraction of sp³-hybridized carbons (Fsp3) is 0.500. The number of thiazole rings is 1. The zero-order chi connectivity index (χ0) is 28.6. The van der Waals surface area contributed by atoms with Crippen LogP contribution in [-0.2, 0) is 4.74 Å². The highest BCUT2D eigenvalue weighted by Crippen LogP contribution is 2.38. The van der Waals surface area contributed by atoms with E-state index >= 15 is 4.39 Å². The predicted octanol–water partition coefficient (Wildman–Crippen LogP) is 6.55. The molecule has 4 aromatic rings. The van der Waals surface area contributed by atoms with Crippen LogP contribution in [0.5, 0.6) is 5.75 Å². The Balaban J connectivity index is 1.11. The molecule has 1 aliphatic carbocycles. The van der Waals surface area contributed by atoms with Gasteiger partial charge in [-0.15, -0.1) is 0 Å². The number of imidazole rings is 1. The van der Waals surface area contributed by atoms with E-state index < -0.39 is 6.17 Å². The van der Waals surface area contributed by atoms with Gasteiger partial charge in [0.25, 0.3) is 5.91 Å². The maximum Gasteiger partial charge on any atom is 0.251 e. The molecule has 2 saturated heterocycles. The van der Waals surface area contributed by atoms with Crippen molar-refractivity contribution in [2.24, 2.45) is 5.92 Å². The number of ether oxygens (including phenoxy) is 2. The van der Waals surface area contributed by atoms with Crippen LogP contribution in [0.3, 0.4) is 0 Å². The van der Waals surface area contributed by atoms with Crippen LogP contribution in [0, 0.1) is 11.7 Å². The minimum Gasteiger partial charge on any atom is -0.491 e. The number of hydrogen-bond donors (Lipinski definition) is 1. The zero-order valence-electron chi connectivity index (χ0n) is 23.6. The molecule has 0 radical (unpaired) electrons. The number of alkyl halides is 1. The van der Waals surface area contributed by atoms with E-state index in [1.54, 1.807) is 12.1 Å². The van der Waals surface area contributed by atoms with E-state index in [2.05, 4.69) is 10.2 Å². The Labute approximate surface area is 247 Å². The summed E-state index contributed by atoms with van der Waals surface area (Å²) in [4.78, 5) is 20.9. The highest BCUT2D eigenvalue weighted by atomic mass is 32.1. The van der Waals surface area contributed by atoms with Gasteiger partial charge in [-0.05, 0) is 87.2 Å². The van der Waals surface area contributed by atoms with Gasteiger partial charge >= 0.3 is 0 Å². The lowest BCUT2D eigenvalue weighted by Gasteiger charge is -2.28. The largest absolute Gasteiger partial charge is 0.491 e. The summed E-state index contributed by atoms with van der Waals surface area (Å²) in [5, 5.41) is 3.04. The molecule has 2 aliphatic heterocycles. The van der Waals surface area contributed by atoms with Crippen LogP contribution in [0.1, 0.15) is 67.0 Å². The quantitative estimate of drug-likeness (QED) is 0.211. The third-order valence-corrected chi connectivity index (χ3v) is 9.62. The number of halogens is 2. The van der Waals surface area contributed by atoms with Gasteiger partial charge in [0, 0.05) is 43.6 Å². The van der Waals surface area contributed by atoms with Crippen molar-refractivity contribution in [2.75, 3.05) is 39.4 Å². The number of carbonyl (C=O) groups excluding carboxylic acids is 1. The third-order valence-electron chi connectivity index (χ3n) is 8.61. The van der Waals surface area contributed by atoms with E-state index in [9.17, 15) is 9.18 Å². The summed E-state index contributed by atoms with van der Waals surface area (Å²) in [6.45, 7) is 4.29. The second-order valence-corrected chi connectivity index (χ2v) is 12.8. The van der Waals surface area contributed by atoms with Crippen molar-refractivity contribution in [1.82, 2.24) is 19.6 Å². The summed E-state index contributed by atoms with van der Waals surface area (Å²) in [7, 11) is 0. The average Bonchev–Trinajstić information content (AvgIpc) is 3.34. The number of carbonyl (C=O) groups is 1. The Kier molecular flexibility index (Phi) is 7.85. The lowest BCUT2D eigenvalue weighted by atomic mass is 10.0. The first-order valence-corrected chi connectivity index (χ1v) is 16.0. The van der Waals surface area contributed by atoms with Crippen LogP contribution < -0.4 is 10.1 Å². The van der Waals surface area contributed by atoms with E-state index in [-0.39, 0.29) is 17.8 Å². The molecule has 1 N–H and O–H groups in total. The molecule has 3 aliphatic rings.